The third-order valence-electron chi connectivity index (χ3n) is 2.58. The van der Waals surface area contributed by atoms with Gasteiger partial charge in [0.25, 0.3) is 0 Å². The molecule has 1 aromatic heterocycles. The van der Waals surface area contributed by atoms with Crippen LogP contribution in [0, 0.1) is 0 Å². The molecule has 1 heterocycles. The fraction of sp³-hybridized carbons (Fsp3) is 0.400. The second-order valence-electron chi connectivity index (χ2n) is 5.15. The van der Waals surface area contributed by atoms with Gasteiger partial charge in [-0.25, -0.2) is 4.98 Å². The molecule has 0 fully saturated rings. The van der Waals surface area contributed by atoms with Crippen LogP contribution in [0.5, 0.6) is 0 Å². The molecule has 0 radical (unpaired) electrons. The first-order chi connectivity index (χ1) is 9.56. The fourth-order valence-electron chi connectivity index (χ4n) is 1.77. The normalized spacial score (nSPS) is 11.3. The molecule has 0 aliphatic rings. The van der Waals surface area contributed by atoms with Crippen molar-refractivity contribution in [2.24, 2.45) is 0 Å². The maximum atomic E-state index is 5.75. The predicted octanol–water partition coefficient (Wildman–Crippen LogP) is 2.89. The van der Waals surface area contributed by atoms with E-state index in [0.29, 0.717) is 11.5 Å². The summed E-state index contributed by atoms with van der Waals surface area (Å²) in [4.78, 5) is 4.47. The molecule has 4 nitrogen and oxygen atoms in total. The summed E-state index contributed by atoms with van der Waals surface area (Å²) in [5.41, 5.74) is 1.60. The Kier molecular flexibility index (Phi) is 4.98. The lowest BCUT2D eigenvalue weighted by molar-refractivity contribution is 0.138. The van der Waals surface area contributed by atoms with Gasteiger partial charge in [0.1, 0.15) is 11.9 Å². The average Bonchev–Trinajstić information content (AvgIpc) is 2.87. The molecule has 106 valence electrons. The van der Waals surface area contributed by atoms with Crippen molar-refractivity contribution >= 4 is 12.7 Å². The zero-order valence-electron chi connectivity index (χ0n) is 12.4. The molecular weight excluding hydrogens is 253 g/mol. The predicted molar refractivity (Wildman–Crippen MR) is 79.8 cm³/mol. The summed E-state index contributed by atoms with van der Waals surface area (Å²) < 4.78 is 17.0. The summed E-state index contributed by atoms with van der Waals surface area (Å²) >= 11 is 0. The number of oxazole rings is 1. The Hall–Kier alpha value is -1.59. The standard InChI is InChI=1S/C15H20BNO3/c1-11(2)19-16(20-12(3)4)14-10-18-15(17-14)13-8-6-5-7-9-13/h5-12H,1-4H3. The van der Waals surface area contributed by atoms with Crippen LogP contribution in [0.15, 0.2) is 41.0 Å². The SMILES string of the molecule is CC(C)OB(OC(C)C)c1coc(-c2ccccc2)n1. The van der Waals surface area contributed by atoms with E-state index < -0.39 is 7.12 Å². The van der Waals surface area contributed by atoms with Gasteiger partial charge in [0, 0.05) is 17.8 Å². The zero-order valence-corrected chi connectivity index (χ0v) is 12.4. The van der Waals surface area contributed by atoms with Crippen LogP contribution in [0.4, 0.5) is 0 Å². The minimum atomic E-state index is -0.504. The quantitative estimate of drug-likeness (QED) is 0.759. The highest BCUT2D eigenvalue weighted by Gasteiger charge is 2.28. The first-order valence-electron chi connectivity index (χ1n) is 6.88. The summed E-state index contributed by atoms with van der Waals surface area (Å²) in [5.74, 6) is 0.574. The minimum absolute atomic E-state index is 0.0515. The smallest absolute Gasteiger partial charge is 0.445 e. The number of nitrogens with zero attached hydrogens (tertiary/aromatic N) is 1. The Labute approximate surface area is 120 Å². The van der Waals surface area contributed by atoms with Gasteiger partial charge in [-0.15, -0.1) is 0 Å². The first kappa shape index (κ1) is 14.8. The monoisotopic (exact) mass is 273 g/mol. The van der Waals surface area contributed by atoms with E-state index in [1.54, 1.807) is 6.26 Å². The number of rotatable bonds is 6. The Bertz CT molecular complexity index is 515. The van der Waals surface area contributed by atoms with Crippen molar-refractivity contribution in [3.63, 3.8) is 0 Å². The van der Waals surface area contributed by atoms with Crippen molar-refractivity contribution < 1.29 is 13.7 Å². The molecule has 0 N–H and O–H groups in total. The van der Waals surface area contributed by atoms with Crippen LogP contribution in [-0.2, 0) is 9.31 Å². The van der Waals surface area contributed by atoms with Gasteiger partial charge in [0.05, 0.1) is 0 Å². The summed E-state index contributed by atoms with van der Waals surface area (Å²) in [7, 11) is -0.504. The Morgan fingerprint density at radius 1 is 1.00 bits per heavy atom. The average molecular weight is 273 g/mol. The van der Waals surface area contributed by atoms with Gasteiger partial charge in [0.2, 0.25) is 5.89 Å². The molecule has 2 aromatic rings. The van der Waals surface area contributed by atoms with E-state index in [4.69, 9.17) is 13.7 Å². The Morgan fingerprint density at radius 2 is 1.60 bits per heavy atom. The third kappa shape index (κ3) is 3.95. The summed E-state index contributed by atoms with van der Waals surface area (Å²) in [5, 5.41) is 0. The van der Waals surface area contributed by atoms with Crippen LogP contribution >= 0.6 is 0 Å². The van der Waals surface area contributed by atoms with Crippen molar-refractivity contribution in [2.45, 2.75) is 39.9 Å². The molecule has 0 aliphatic heterocycles. The van der Waals surface area contributed by atoms with E-state index in [9.17, 15) is 0 Å². The van der Waals surface area contributed by atoms with Gasteiger partial charge in [-0.05, 0) is 39.8 Å². The lowest BCUT2D eigenvalue weighted by Gasteiger charge is -2.17. The van der Waals surface area contributed by atoms with Crippen LogP contribution in [0.2, 0.25) is 0 Å². The van der Waals surface area contributed by atoms with E-state index in [2.05, 4.69) is 4.98 Å². The van der Waals surface area contributed by atoms with Crippen LogP contribution in [0.3, 0.4) is 0 Å². The van der Waals surface area contributed by atoms with Crippen LogP contribution in [0.1, 0.15) is 27.7 Å². The van der Waals surface area contributed by atoms with Crippen LogP contribution in [0.25, 0.3) is 11.5 Å². The molecule has 0 atom stereocenters. The van der Waals surface area contributed by atoms with Crippen molar-refractivity contribution in [1.29, 1.82) is 0 Å². The van der Waals surface area contributed by atoms with Gasteiger partial charge in [0.15, 0.2) is 0 Å². The molecule has 20 heavy (non-hydrogen) atoms. The minimum Gasteiger partial charge on any atom is -0.445 e. The Balaban J connectivity index is 2.20. The number of hydrogen-bond acceptors (Lipinski definition) is 4. The van der Waals surface area contributed by atoms with E-state index >= 15 is 0 Å². The maximum Gasteiger partial charge on any atom is 0.517 e. The summed E-state index contributed by atoms with van der Waals surface area (Å²) in [6.07, 6.45) is 1.70. The third-order valence-corrected chi connectivity index (χ3v) is 2.58. The van der Waals surface area contributed by atoms with Gasteiger partial charge in [-0.1, -0.05) is 18.2 Å². The van der Waals surface area contributed by atoms with Gasteiger partial charge >= 0.3 is 7.12 Å². The van der Waals surface area contributed by atoms with Gasteiger partial charge in [-0.2, -0.15) is 0 Å². The number of benzene rings is 1. The molecule has 5 heteroatoms. The van der Waals surface area contributed by atoms with Crippen LogP contribution in [-0.4, -0.2) is 24.3 Å². The van der Waals surface area contributed by atoms with E-state index in [0.717, 1.165) is 5.56 Å². The lowest BCUT2D eigenvalue weighted by atomic mass is 9.84. The fourth-order valence-corrected chi connectivity index (χ4v) is 1.77. The first-order valence-corrected chi connectivity index (χ1v) is 6.88. The van der Waals surface area contributed by atoms with Crippen molar-refractivity contribution in [2.75, 3.05) is 0 Å². The lowest BCUT2D eigenvalue weighted by Crippen LogP contribution is -2.41. The molecular formula is C15H20BNO3. The Morgan fingerprint density at radius 3 is 2.15 bits per heavy atom. The molecule has 0 bridgehead atoms. The van der Waals surface area contributed by atoms with E-state index in [1.807, 2.05) is 58.0 Å². The molecule has 0 saturated heterocycles. The molecule has 1 aromatic carbocycles. The summed E-state index contributed by atoms with van der Waals surface area (Å²) in [6, 6.07) is 9.77. The molecule has 0 unspecified atom stereocenters. The topological polar surface area (TPSA) is 44.5 Å². The number of hydrogen-bond donors (Lipinski definition) is 0. The van der Waals surface area contributed by atoms with E-state index in [1.165, 1.54) is 0 Å². The van der Waals surface area contributed by atoms with Crippen molar-refractivity contribution in [1.82, 2.24) is 4.98 Å². The number of aromatic nitrogens is 1. The highest BCUT2D eigenvalue weighted by molar-refractivity contribution is 6.60. The molecule has 0 amide bonds. The van der Waals surface area contributed by atoms with Crippen LogP contribution < -0.4 is 5.59 Å². The maximum absolute atomic E-state index is 5.75. The molecule has 2 rings (SSSR count). The van der Waals surface area contributed by atoms with Gasteiger partial charge in [-0.3, -0.25) is 0 Å². The van der Waals surface area contributed by atoms with E-state index in [-0.39, 0.29) is 12.2 Å². The van der Waals surface area contributed by atoms with Crippen molar-refractivity contribution in [3.05, 3.63) is 36.6 Å². The zero-order chi connectivity index (χ0) is 14.5. The van der Waals surface area contributed by atoms with Gasteiger partial charge < -0.3 is 13.7 Å². The highest BCUT2D eigenvalue weighted by Crippen LogP contribution is 2.15. The van der Waals surface area contributed by atoms with Crippen molar-refractivity contribution in [3.8, 4) is 11.5 Å². The molecule has 0 saturated carbocycles. The highest BCUT2D eigenvalue weighted by atomic mass is 16.6. The second kappa shape index (κ2) is 6.73. The summed E-state index contributed by atoms with van der Waals surface area (Å²) in [6.45, 7) is 7.87. The molecule has 0 aliphatic carbocycles. The largest absolute Gasteiger partial charge is 0.517 e. The molecule has 0 spiro atoms. The second-order valence-corrected chi connectivity index (χ2v) is 5.15.